The first-order chi connectivity index (χ1) is 13.8. The van der Waals surface area contributed by atoms with Gasteiger partial charge < -0.3 is 14.7 Å². The zero-order chi connectivity index (χ0) is 21.2. The van der Waals surface area contributed by atoms with E-state index in [1.807, 2.05) is 50.2 Å². The molecule has 7 heteroatoms. The van der Waals surface area contributed by atoms with Crippen LogP contribution in [0.2, 0.25) is 0 Å². The van der Waals surface area contributed by atoms with Crippen molar-refractivity contribution in [3.05, 3.63) is 42.0 Å². The number of carboxylic acid groups (broad SMARTS) is 1. The molecule has 0 radical (unpaired) electrons. The molecule has 3 unspecified atom stereocenters. The van der Waals surface area contributed by atoms with E-state index in [0.29, 0.717) is 18.1 Å². The van der Waals surface area contributed by atoms with Crippen molar-refractivity contribution in [3.8, 4) is 5.75 Å². The van der Waals surface area contributed by atoms with Crippen molar-refractivity contribution in [1.29, 1.82) is 0 Å². The number of methoxy groups -OCH3 is 1. The van der Waals surface area contributed by atoms with Crippen molar-refractivity contribution in [2.45, 2.75) is 43.0 Å². The highest BCUT2D eigenvalue weighted by Crippen LogP contribution is 2.41. The van der Waals surface area contributed by atoms with Gasteiger partial charge in [-0.2, -0.15) is 0 Å². The molecule has 1 N–H and O–H groups in total. The van der Waals surface area contributed by atoms with Gasteiger partial charge in [0.15, 0.2) is 5.54 Å². The Morgan fingerprint density at radius 2 is 1.97 bits per heavy atom. The van der Waals surface area contributed by atoms with Gasteiger partial charge >= 0.3 is 5.97 Å². The van der Waals surface area contributed by atoms with Crippen molar-refractivity contribution in [1.82, 2.24) is 4.90 Å². The topological polar surface area (TPSA) is 66.8 Å². The fraction of sp³-hybridized carbons (Fsp3) is 0.455. The number of fused-ring (bicyclic) bond motifs is 1. The van der Waals surface area contributed by atoms with Crippen LogP contribution in [0.1, 0.15) is 38.2 Å². The molecular formula is C22H26BrNO4S. The molecule has 0 saturated carbocycles. The summed E-state index contributed by atoms with van der Waals surface area (Å²) in [6, 6.07) is 11.7. The number of hydrogen-bond acceptors (Lipinski definition) is 4. The zero-order valence-electron chi connectivity index (χ0n) is 16.9. The molecule has 1 aliphatic heterocycles. The lowest BCUT2D eigenvalue weighted by atomic mass is 9.90. The molecular weight excluding hydrogens is 454 g/mol. The molecule has 2 aromatic carbocycles. The summed E-state index contributed by atoms with van der Waals surface area (Å²) in [6.45, 7) is 3.87. The summed E-state index contributed by atoms with van der Waals surface area (Å²) in [5.74, 6) is 0.0596. The van der Waals surface area contributed by atoms with Crippen molar-refractivity contribution in [2.24, 2.45) is 0 Å². The first kappa shape index (κ1) is 22.0. The van der Waals surface area contributed by atoms with Crippen LogP contribution in [0.3, 0.4) is 0 Å². The minimum atomic E-state index is -1.21. The number of benzene rings is 2. The monoisotopic (exact) mass is 479 g/mol. The van der Waals surface area contributed by atoms with Gasteiger partial charge in [0.05, 0.1) is 18.9 Å². The molecule has 0 aliphatic carbocycles. The average molecular weight is 480 g/mol. The lowest BCUT2D eigenvalue weighted by Crippen LogP contribution is -2.61. The highest BCUT2D eigenvalue weighted by Gasteiger charge is 2.55. The number of thioether (sulfide) groups is 1. The van der Waals surface area contributed by atoms with E-state index in [-0.39, 0.29) is 10.7 Å². The number of halogens is 1. The third kappa shape index (κ3) is 3.99. The largest absolute Gasteiger partial charge is 0.497 e. The number of alkyl halides is 1. The Labute approximate surface area is 183 Å². The van der Waals surface area contributed by atoms with Gasteiger partial charge in [0.25, 0.3) is 0 Å². The van der Waals surface area contributed by atoms with Gasteiger partial charge in [-0.25, -0.2) is 4.79 Å². The van der Waals surface area contributed by atoms with E-state index in [9.17, 15) is 14.7 Å². The summed E-state index contributed by atoms with van der Waals surface area (Å²) >= 11 is 5.08. The second-order valence-electron chi connectivity index (χ2n) is 7.42. The van der Waals surface area contributed by atoms with Crippen molar-refractivity contribution >= 4 is 50.3 Å². The Bertz CT molecular complexity index is 921. The minimum Gasteiger partial charge on any atom is -0.497 e. The van der Waals surface area contributed by atoms with Crippen LogP contribution in [-0.2, 0) is 9.59 Å². The number of rotatable bonds is 7. The standard InChI is InChI=1S/C22H26BrNO4S/c1-4-5-19(23)22(21(26)27)12-29-13-24(22)20(25)14(2)15-6-7-17-11-18(28-3)9-8-16(17)10-15/h6-11,14,19H,4-5,12-13H2,1-3H3,(H,26,27). The predicted molar refractivity (Wildman–Crippen MR) is 121 cm³/mol. The molecule has 1 amide bonds. The van der Waals surface area contributed by atoms with E-state index in [1.165, 1.54) is 11.8 Å². The molecule has 1 saturated heterocycles. The van der Waals surface area contributed by atoms with Gasteiger partial charge in [0.1, 0.15) is 5.75 Å². The maximum absolute atomic E-state index is 13.4. The molecule has 3 atom stereocenters. The lowest BCUT2D eigenvalue weighted by molar-refractivity contribution is -0.156. The summed E-state index contributed by atoms with van der Waals surface area (Å²) in [7, 11) is 1.63. The zero-order valence-corrected chi connectivity index (χ0v) is 19.3. The SMILES string of the molecule is CCCC(Br)C1(C(=O)O)CSCN1C(=O)C(C)c1ccc2cc(OC)ccc2c1. The number of carboxylic acids is 1. The highest BCUT2D eigenvalue weighted by molar-refractivity contribution is 9.09. The van der Waals surface area contributed by atoms with Gasteiger partial charge in [-0.1, -0.05) is 53.5 Å². The van der Waals surface area contributed by atoms with Crippen LogP contribution >= 0.6 is 27.7 Å². The smallest absolute Gasteiger partial charge is 0.331 e. The Hall–Kier alpha value is -1.73. The Morgan fingerprint density at radius 3 is 2.62 bits per heavy atom. The van der Waals surface area contributed by atoms with Gasteiger partial charge in [-0.3, -0.25) is 4.79 Å². The van der Waals surface area contributed by atoms with Crippen molar-refractivity contribution in [2.75, 3.05) is 18.7 Å². The van der Waals surface area contributed by atoms with Crippen LogP contribution in [0, 0.1) is 0 Å². The quantitative estimate of drug-likeness (QED) is 0.573. The highest BCUT2D eigenvalue weighted by atomic mass is 79.9. The fourth-order valence-corrected chi connectivity index (χ4v) is 6.52. The number of aliphatic carboxylic acids is 1. The summed E-state index contributed by atoms with van der Waals surface area (Å²) in [5, 5.41) is 12.1. The van der Waals surface area contributed by atoms with Crippen LogP contribution in [0.25, 0.3) is 10.8 Å². The molecule has 3 rings (SSSR count). The third-order valence-electron chi connectivity index (χ3n) is 5.66. The maximum Gasteiger partial charge on any atom is 0.331 e. The summed E-state index contributed by atoms with van der Waals surface area (Å²) in [4.78, 5) is 27.0. The van der Waals surface area contributed by atoms with E-state index in [2.05, 4.69) is 15.9 Å². The van der Waals surface area contributed by atoms with Crippen LogP contribution in [0.15, 0.2) is 36.4 Å². The number of nitrogens with zero attached hydrogens (tertiary/aromatic N) is 1. The van der Waals surface area contributed by atoms with Crippen LogP contribution in [0.5, 0.6) is 5.75 Å². The van der Waals surface area contributed by atoms with Gasteiger partial charge in [-0.05, 0) is 41.8 Å². The third-order valence-corrected chi connectivity index (χ3v) is 7.96. The molecule has 0 bridgehead atoms. The van der Waals surface area contributed by atoms with Crippen LogP contribution in [-0.4, -0.2) is 51.0 Å². The summed E-state index contributed by atoms with van der Waals surface area (Å²) < 4.78 is 5.27. The molecule has 0 aromatic heterocycles. The fourth-order valence-electron chi connectivity index (χ4n) is 3.82. The van der Waals surface area contributed by atoms with Crippen molar-refractivity contribution in [3.63, 3.8) is 0 Å². The van der Waals surface area contributed by atoms with Gasteiger partial charge in [0, 0.05) is 10.6 Å². The molecule has 5 nitrogen and oxygen atoms in total. The lowest BCUT2D eigenvalue weighted by Gasteiger charge is -2.39. The second-order valence-corrected chi connectivity index (χ2v) is 9.48. The molecule has 29 heavy (non-hydrogen) atoms. The Balaban J connectivity index is 1.92. The Morgan fingerprint density at radius 1 is 1.28 bits per heavy atom. The van der Waals surface area contributed by atoms with E-state index in [0.717, 1.165) is 28.5 Å². The molecule has 1 aliphatic rings. The summed E-state index contributed by atoms with van der Waals surface area (Å²) in [5.41, 5.74) is -0.332. The number of ether oxygens (including phenoxy) is 1. The number of carbonyl (C=O) groups is 2. The van der Waals surface area contributed by atoms with Gasteiger partial charge in [-0.15, -0.1) is 11.8 Å². The Kier molecular flexibility index (Phi) is 6.79. The molecule has 1 fully saturated rings. The van der Waals surface area contributed by atoms with E-state index < -0.39 is 17.4 Å². The molecule has 0 spiro atoms. The van der Waals surface area contributed by atoms with Gasteiger partial charge in [0.2, 0.25) is 5.91 Å². The number of amides is 1. The summed E-state index contributed by atoms with van der Waals surface area (Å²) in [6.07, 6.45) is 1.55. The first-order valence-corrected chi connectivity index (χ1v) is 11.8. The second kappa shape index (κ2) is 8.96. The predicted octanol–water partition coefficient (Wildman–Crippen LogP) is 4.87. The minimum absolute atomic E-state index is 0.147. The number of carbonyl (C=O) groups excluding carboxylic acids is 1. The molecule has 1 heterocycles. The van der Waals surface area contributed by atoms with E-state index >= 15 is 0 Å². The molecule has 156 valence electrons. The first-order valence-electron chi connectivity index (χ1n) is 9.69. The van der Waals surface area contributed by atoms with E-state index in [4.69, 9.17) is 4.74 Å². The average Bonchev–Trinajstić information content (AvgIpc) is 3.18. The van der Waals surface area contributed by atoms with Crippen molar-refractivity contribution < 1.29 is 19.4 Å². The maximum atomic E-state index is 13.4. The van der Waals surface area contributed by atoms with E-state index in [1.54, 1.807) is 12.0 Å². The number of hydrogen-bond donors (Lipinski definition) is 1. The van der Waals surface area contributed by atoms with Crippen LogP contribution < -0.4 is 4.74 Å². The molecule has 2 aromatic rings. The normalized spacial score (nSPS) is 21.2. The van der Waals surface area contributed by atoms with Crippen LogP contribution in [0.4, 0.5) is 0 Å².